The van der Waals surface area contributed by atoms with Crippen LogP contribution < -0.4 is 4.74 Å². The zero-order chi connectivity index (χ0) is 10.6. The van der Waals surface area contributed by atoms with Crippen molar-refractivity contribution in [2.45, 2.75) is 19.3 Å². The first-order chi connectivity index (χ1) is 6.71. The van der Waals surface area contributed by atoms with Gasteiger partial charge in [0.2, 0.25) is 0 Å². The van der Waals surface area contributed by atoms with Crippen LogP contribution >= 0.6 is 15.9 Å². The number of aliphatic hydroxyl groups excluding tert-OH is 1. The summed E-state index contributed by atoms with van der Waals surface area (Å²) in [6, 6.07) is 5.90. The first kappa shape index (κ1) is 11.5. The van der Waals surface area contributed by atoms with Crippen molar-refractivity contribution in [1.82, 2.24) is 0 Å². The van der Waals surface area contributed by atoms with Crippen LogP contribution in [0.3, 0.4) is 0 Å². The molecule has 0 spiro atoms. The van der Waals surface area contributed by atoms with Gasteiger partial charge in [-0.1, -0.05) is 22.9 Å². The number of halogens is 1. The Balaban J connectivity index is 3.01. The molecule has 0 fully saturated rings. The van der Waals surface area contributed by atoms with E-state index in [0.717, 1.165) is 22.2 Å². The van der Waals surface area contributed by atoms with Gasteiger partial charge in [0.05, 0.1) is 7.11 Å². The topological polar surface area (TPSA) is 29.5 Å². The van der Waals surface area contributed by atoms with Gasteiger partial charge in [-0.2, -0.15) is 0 Å². The summed E-state index contributed by atoms with van der Waals surface area (Å²) in [5.41, 5.74) is 1.11. The third kappa shape index (κ3) is 2.72. The Labute approximate surface area is 93.0 Å². The van der Waals surface area contributed by atoms with Crippen LogP contribution in [0.1, 0.15) is 24.8 Å². The summed E-state index contributed by atoms with van der Waals surface area (Å²) in [5.74, 6) is 1.02. The number of aliphatic hydroxyl groups is 1. The predicted octanol–water partition coefficient (Wildman–Crippen LogP) is 2.94. The molecular formula is C11H15BrO2. The van der Waals surface area contributed by atoms with Gasteiger partial charge >= 0.3 is 0 Å². The average molecular weight is 259 g/mol. The summed E-state index contributed by atoms with van der Waals surface area (Å²) in [5, 5.41) is 9.18. The lowest BCUT2D eigenvalue weighted by Crippen LogP contribution is -2.02. The van der Waals surface area contributed by atoms with Crippen molar-refractivity contribution in [2.24, 2.45) is 0 Å². The van der Waals surface area contributed by atoms with E-state index in [4.69, 9.17) is 4.74 Å². The molecule has 0 saturated carbocycles. The number of hydrogen-bond donors (Lipinski definition) is 1. The van der Waals surface area contributed by atoms with Crippen LogP contribution in [-0.2, 0) is 0 Å². The Hall–Kier alpha value is -0.540. The van der Waals surface area contributed by atoms with E-state index in [1.165, 1.54) is 0 Å². The van der Waals surface area contributed by atoms with E-state index in [1.807, 2.05) is 18.2 Å². The van der Waals surface area contributed by atoms with Crippen LogP contribution in [0.5, 0.6) is 5.75 Å². The highest BCUT2D eigenvalue weighted by atomic mass is 79.9. The fraction of sp³-hybridized carbons (Fsp3) is 0.455. The van der Waals surface area contributed by atoms with E-state index in [2.05, 4.69) is 22.9 Å². The Morgan fingerprint density at radius 2 is 2.14 bits per heavy atom. The highest BCUT2D eigenvalue weighted by Crippen LogP contribution is 2.27. The van der Waals surface area contributed by atoms with Crippen LogP contribution in [-0.4, -0.2) is 18.8 Å². The molecule has 0 radical (unpaired) electrons. The molecular weight excluding hydrogens is 244 g/mol. The van der Waals surface area contributed by atoms with Crippen LogP contribution in [0.25, 0.3) is 0 Å². The molecule has 1 rings (SSSR count). The number of benzene rings is 1. The maximum atomic E-state index is 9.18. The van der Waals surface area contributed by atoms with Gasteiger partial charge in [0, 0.05) is 17.0 Å². The predicted molar refractivity (Wildman–Crippen MR) is 60.8 cm³/mol. The van der Waals surface area contributed by atoms with E-state index in [9.17, 15) is 5.11 Å². The van der Waals surface area contributed by atoms with Crippen LogP contribution in [0.4, 0.5) is 0 Å². The van der Waals surface area contributed by atoms with Gasteiger partial charge in [0.15, 0.2) is 0 Å². The summed E-state index contributed by atoms with van der Waals surface area (Å²) in [6.45, 7) is 2.24. The van der Waals surface area contributed by atoms with E-state index in [1.54, 1.807) is 7.11 Å². The van der Waals surface area contributed by atoms with Gasteiger partial charge in [0.1, 0.15) is 5.75 Å². The minimum atomic E-state index is 0.177. The number of methoxy groups -OCH3 is 1. The second-order valence-corrected chi connectivity index (χ2v) is 4.13. The standard InChI is InChI=1S/C11H15BrO2/c1-3-8(7-13)9-4-10(12)6-11(5-9)14-2/h4-6,8,13H,3,7H2,1-2H3. The number of ether oxygens (including phenoxy) is 1. The lowest BCUT2D eigenvalue weighted by Gasteiger charge is -2.13. The van der Waals surface area contributed by atoms with E-state index in [-0.39, 0.29) is 12.5 Å². The Morgan fingerprint density at radius 3 is 2.64 bits per heavy atom. The summed E-state index contributed by atoms with van der Waals surface area (Å²) >= 11 is 3.42. The zero-order valence-corrected chi connectivity index (χ0v) is 10.0. The van der Waals surface area contributed by atoms with Gasteiger partial charge in [-0.05, 0) is 30.2 Å². The fourth-order valence-corrected chi connectivity index (χ4v) is 1.90. The number of rotatable bonds is 4. The highest BCUT2D eigenvalue weighted by molar-refractivity contribution is 9.10. The molecule has 1 unspecified atom stereocenters. The van der Waals surface area contributed by atoms with Crippen molar-refractivity contribution in [3.05, 3.63) is 28.2 Å². The fourth-order valence-electron chi connectivity index (χ4n) is 1.41. The molecule has 1 N–H and O–H groups in total. The third-order valence-corrected chi connectivity index (χ3v) is 2.77. The summed E-state index contributed by atoms with van der Waals surface area (Å²) in [4.78, 5) is 0. The maximum Gasteiger partial charge on any atom is 0.120 e. The monoisotopic (exact) mass is 258 g/mol. The molecule has 3 heteroatoms. The molecule has 2 nitrogen and oxygen atoms in total. The van der Waals surface area contributed by atoms with Gasteiger partial charge in [-0.15, -0.1) is 0 Å². The quantitative estimate of drug-likeness (QED) is 0.900. The first-order valence-electron chi connectivity index (χ1n) is 4.66. The average Bonchev–Trinajstić information content (AvgIpc) is 2.19. The van der Waals surface area contributed by atoms with Crippen molar-refractivity contribution in [1.29, 1.82) is 0 Å². The molecule has 0 aliphatic heterocycles. The maximum absolute atomic E-state index is 9.18. The minimum absolute atomic E-state index is 0.177. The highest BCUT2D eigenvalue weighted by Gasteiger charge is 2.09. The summed E-state index contributed by atoms with van der Waals surface area (Å²) < 4.78 is 6.15. The van der Waals surface area contributed by atoms with Crippen molar-refractivity contribution in [2.75, 3.05) is 13.7 Å². The molecule has 0 heterocycles. The molecule has 0 aliphatic rings. The van der Waals surface area contributed by atoms with E-state index in [0.29, 0.717) is 0 Å². The SMILES string of the molecule is CCC(CO)c1cc(Br)cc(OC)c1. The Bertz CT molecular complexity index is 295. The molecule has 0 aromatic heterocycles. The lowest BCUT2D eigenvalue weighted by molar-refractivity contribution is 0.262. The largest absolute Gasteiger partial charge is 0.497 e. The Kier molecular flexibility index (Phi) is 4.42. The molecule has 78 valence electrons. The van der Waals surface area contributed by atoms with Gasteiger partial charge in [-0.3, -0.25) is 0 Å². The second-order valence-electron chi connectivity index (χ2n) is 3.21. The van der Waals surface area contributed by atoms with Gasteiger partial charge < -0.3 is 9.84 Å². The van der Waals surface area contributed by atoms with Gasteiger partial charge in [-0.25, -0.2) is 0 Å². The molecule has 0 saturated heterocycles. The Morgan fingerprint density at radius 1 is 1.43 bits per heavy atom. The molecule has 14 heavy (non-hydrogen) atoms. The second kappa shape index (κ2) is 5.37. The van der Waals surface area contributed by atoms with Crippen molar-refractivity contribution in [3.63, 3.8) is 0 Å². The smallest absolute Gasteiger partial charge is 0.120 e. The molecule has 0 amide bonds. The van der Waals surface area contributed by atoms with Gasteiger partial charge in [0.25, 0.3) is 0 Å². The summed E-state index contributed by atoms with van der Waals surface area (Å²) in [6.07, 6.45) is 0.927. The first-order valence-corrected chi connectivity index (χ1v) is 5.45. The van der Waals surface area contributed by atoms with Crippen LogP contribution in [0.2, 0.25) is 0 Å². The van der Waals surface area contributed by atoms with Crippen molar-refractivity contribution < 1.29 is 9.84 Å². The summed E-state index contributed by atoms with van der Waals surface area (Å²) in [7, 11) is 1.64. The molecule has 1 aromatic carbocycles. The van der Waals surface area contributed by atoms with Crippen molar-refractivity contribution >= 4 is 15.9 Å². The minimum Gasteiger partial charge on any atom is -0.497 e. The van der Waals surface area contributed by atoms with Crippen LogP contribution in [0, 0.1) is 0 Å². The third-order valence-electron chi connectivity index (χ3n) is 2.31. The van der Waals surface area contributed by atoms with Crippen molar-refractivity contribution in [3.8, 4) is 5.75 Å². The van der Waals surface area contributed by atoms with Crippen LogP contribution in [0.15, 0.2) is 22.7 Å². The van der Waals surface area contributed by atoms with E-state index >= 15 is 0 Å². The molecule has 0 aliphatic carbocycles. The normalized spacial score (nSPS) is 12.6. The zero-order valence-electron chi connectivity index (χ0n) is 8.46. The molecule has 1 aromatic rings. The molecule has 1 atom stereocenters. The van der Waals surface area contributed by atoms with E-state index < -0.39 is 0 Å². The number of hydrogen-bond acceptors (Lipinski definition) is 2. The molecule has 0 bridgehead atoms. The lowest BCUT2D eigenvalue weighted by atomic mass is 9.97.